The Bertz CT molecular complexity index is 382. The van der Waals surface area contributed by atoms with Crippen molar-refractivity contribution in [2.45, 2.75) is 32.1 Å². The van der Waals surface area contributed by atoms with Gasteiger partial charge in [-0.2, -0.15) is 0 Å². The first-order valence-corrected chi connectivity index (χ1v) is 7.46. The molecule has 0 spiro atoms. The van der Waals surface area contributed by atoms with Crippen LogP contribution in [0.25, 0.3) is 0 Å². The van der Waals surface area contributed by atoms with E-state index in [4.69, 9.17) is 0 Å². The van der Waals surface area contributed by atoms with Gasteiger partial charge in [-0.15, -0.1) is 0 Å². The zero-order valence-electron chi connectivity index (χ0n) is 10.6. The van der Waals surface area contributed by atoms with Crippen molar-refractivity contribution >= 4 is 15.9 Å². The molecule has 1 saturated carbocycles. The Hall–Kier alpha value is -0.380. The smallest absolute Gasteiger partial charge is 0.0515 e. The third kappa shape index (κ3) is 2.95. The van der Waals surface area contributed by atoms with Gasteiger partial charge in [0.2, 0.25) is 0 Å². The predicted molar refractivity (Wildman–Crippen MR) is 76.4 cm³/mol. The summed E-state index contributed by atoms with van der Waals surface area (Å²) >= 11 is 3.47. The number of aliphatic hydroxyl groups is 2. The van der Waals surface area contributed by atoms with Crippen molar-refractivity contribution in [2.75, 3.05) is 13.2 Å². The van der Waals surface area contributed by atoms with Gasteiger partial charge in [-0.05, 0) is 42.9 Å². The summed E-state index contributed by atoms with van der Waals surface area (Å²) in [7, 11) is 0. The summed E-state index contributed by atoms with van der Waals surface area (Å²) in [5, 5.41) is 19.6. The van der Waals surface area contributed by atoms with Gasteiger partial charge in [-0.25, -0.2) is 0 Å². The zero-order valence-corrected chi connectivity index (χ0v) is 12.2. The molecule has 0 atom stereocenters. The second kappa shape index (κ2) is 6.18. The van der Waals surface area contributed by atoms with Crippen LogP contribution >= 0.6 is 15.9 Å². The van der Waals surface area contributed by atoms with Crippen LogP contribution in [0.3, 0.4) is 0 Å². The quantitative estimate of drug-likeness (QED) is 0.877. The summed E-state index contributed by atoms with van der Waals surface area (Å²) in [6.07, 6.45) is 5.48. The largest absolute Gasteiger partial charge is 0.396 e. The van der Waals surface area contributed by atoms with Crippen molar-refractivity contribution in [2.24, 2.45) is 11.3 Å². The highest BCUT2D eigenvalue weighted by Gasteiger charge is 2.39. The first-order valence-electron chi connectivity index (χ1n) is 6.66. The summed E-state index contributed by atoms with van der Waals surface area (Å²) in [5.41, 5.74) is 0.830. The van der Waals surface area contributed by atoms with Crippen LogP contribution in [0.4, 0.5) is 0 Å². The molecule has 0 aromatic heterocycles. The molecule has 2 nitrogen and oxygen atoms in total. The maximum Gasteiger partial charge on any atom is 0.0515 e. The van der Waals surface area contributed by atoms with Gasteiger partial charge in [-0.1, -0.05) is 40.9 Å². The molecule has 0 saturated heterocycles. The highest BCUT2D eigenvalue weighted by molar-refractivity contribution is 9.10. The van der Waals surface area contributed by atoms with E-state index >= 15 is 0 Å². The molecule has 1 aromatic rings. The highest BCUT2D eigenvalue weighted by Crippen LogP contribution is 2.42. The Morgan fingerprint density at radius 2 is 1.83 bits per heavy atom. The molecule has 0 aliphatic heterocycles. The van der Waals surface area contributed by atoms with Gasteiger partial charge >= 0.3 is 0 Å². The lowest BCUT2D eigenvalue weighted by Crippen LogP contribution is -2.39. The predicted octanol–water partition coefficient (Wildman–Crippen LogP) is 3.15. The number of hydrogen-bond donors (Lipinski definition) is 2. The van der Waals surface area contributed by atoms with E-state index in [0.29, 0.717) is 5.92 Å². The second-order valence-electron chi connectivity index (χ2n) is 5.47. The average molecular weight is 313 g/mol. The molecule has 0 heterocycles. The Balaban J connectivity index is 2.19. The SMILES string of the molecule is OCC(CO)(Cc1cccc(Br)c1)C1CCCC1. The molecule has 3 heteroatoms. The fourth-order valence-electron chi connectivity index (χ4n) is 3.16. The van der Waals surface area contributed by atoms with E-state index in [0.717, 1.165) is 23.7 Å². The van der Waals surface area contributed by atoms with Gasteiger partial charge in [0.05, 0.1) is 13.2 Å². The zero-order chi connectivity index (χ0) is 13.0. The molecular weight excluding hydrogens is 292 g/mol. The molecule has 2 rings (SSSR count). The summed E-state index contributed by atoms with van der Waals surface area (Å²) in [6, 6.07) is 8.15. The van der Waals surface area contributed by atoms with E-state index in [-0.39, 0.29) is 18.6 Å². The van der Waals surface area contributed by atoms with E-state index < -0.39 is 0 Å². The number of halogens is 1. The second-order valence-corrected chi connectivity index (χ2v) is 6.38. The maximum absolute atomic E-state index is 9.80. The van der Waals surface area contributed by atoms with Crippen molar-refractivity contribution in [3.05, 3.63) is 34.3 Å². The van der Waals surface area contributed by atoms with Crippen molar-refractivity contribution in [1.29, 1.82) is 0 Å². The summed E-state index contributed by atoms with van der Waals surface area (Å²) in [4.78, 5) is 0. The van der Waals surface area contributed by atoms with Crippen molar-refractivity contribution in [3.8, 4) is 0 Å². The topological polar surface area (TPSA) is 40.5 Å². The molecule has 1 aliphatic rings. The Labute approximate surface area is 117 Å². The third-order valence-corrected chi connectivity index (χ3v) is 4.79. The van der Waals surface area contributed by atoms with E-state index in [1.54, 1.807) is 0 Å². The summed E-state index contributed by atoms with van der Waals surface area (Å²) in [5.74, 6) is 0.450. The van der Waals surface area contributed by atoms with Crippen LogP contribution < -0.4 is 0 Å². The lowest BCUT2D eigenvalue weighted by Gasteiger charge is -2.36. The summed E-state index contributed by atoms with van der Waals surface area (Å²) < 4.78 is 1.05. The van der Waals surface area contributed by atoms with Crippen molar-refractivity contribution in [1.82, 2.24) is 0 Å². The number of benzene rings is 1. The Kier molecular flexibility index (Phi) is 4.82. The van der Waals surface area contributed by atoms with Crippen LogP contribution in [0, 0.1) is 11.3 Å². The molecule has 0 amide bonds. The molecule has 0 radical (unpaired) electrons. The van der Waals surface area contributed by atoms with Crippen LogP contribution in [0.5, 0.6) is 0 Å². The molecule has 1 fully saturated rings. The summed E-state index contributed by atoms with van der Waals surface area (Å²) in [6.45, 7) is 0.140. The first-order chi connectivity index (χ1) is 8.70. The number of aliphatic hydroxyl groups excluding tert-OH is 2. The fourth-order valence-corrected chi connectivity index (χ4v) is 3.60. The maximum atomic E-state index is 9.80. The highest BCUT2D eigenvalue weighted by atomic mass is 79.9. The van der Waals surface area contributed by atoms with Crippen LogP contribution in [0.15, 0.2) is 28.7 Å². The van der Waals surface area contributed by atoms with Gasteiger partial charge in [0.15, 0.2) is 0 Å². The molecule has 0 bridgehead atoms. The minimum atomic E-state index is -0.350. The lowest BCUT2D eigenvalue weighted by molar-refractivity contribution is 0.00570. The van der Waals surface area contributed by atoms with Crippen LogP contribution in [0.2, 0.25) is 0 Å². The molecule has 2 N–H and O–H groups in total. The Morgan fingerprint density at radius 3 is 2.39 bits per heavy atom. The molecule has 100 valence electrons. The van der Waals surface area contributed by atoms with Gasteiger partial charge in [0, 0.05) is 9.89 Å². The molecule has 1 aliphatic carbocycles. The van der Waals surface area contributed by atoms with Gasteiger partial charge in [0.1, 0.15) is 0 Å². The number of rotatable bonds is 5. The molecule has 1 aromatic carbocycles. The van der Waals surface area contributed by atoms with Crippen LogP contribution in [-0.4, -0.2) is 23.4 Å². The van der Waals surface area contributed by atoms with Gasteiger partial charge < -0.3 is 10.2 Å². The van der Waals surface area contributed by atoms with Crippen LogP contribution in [-0.2, 0) is 6.42 Å². The van der Waals surface area contributed by atoms with E-state index in [9.17, 15) is 10.2 Å². The van der Waals surface area contributed by atoms with Gasteiger partial charge in [0.25, 0.3) is 0 Å². The van der Waals surface area contributed by atoms with Gasteiger partial charge in [-0.3, -0.25) is 0 Å². The fraction of sp³-hybridized carbons (Fsp3) is 0.600. The number of hydrogen-bond acceptors (Lipinski definition) is 2. The average Bonchev–Trinajstić information content (AvgIpc) is 2.90. The molecule has 18 heavy (non-hydrogen) atoms. The van der Waals surface area contributed by atoms with Crippen LogP contribution in [0.1, 0.15) is 31.2 Å². The monoisotopic (exact) mass is 312 g/mol. The minimum Gasteiger partial charge on any atom is -0.396 e. The third-order valence-electron chi connectivity index (χ3n) is 4.30. The normalized spacial score (nSPS) is 17.3. The van der Waals surface area contributed by atoms with Crippen molar-refractivity contribution < 1.29 is 10.2 Å². The first kappa shape index (κ1) is 14.0. The molecule has 0 unspecified atom stereocenters. The lowest BCUT2D eigenvalue weighted by atomic mass is 9.71. The van der Waals surface area contributed by atoms with E-state index in [1.165, 1.54) is 18.4 Å². The van der Waals surface area contributed by atoms with Crippen molar-refractivity contribution in [3.63, 3.8) is 0 Å². The Morgan fingerprint density at radius 1 is 1.17 bits per heavy atom. The minimum absolute atomic E-state index is 0.0701. The van der Waals surface area contributed by atoms with E-state index in [1.807, 2.05) is 12.1 Å². The standard InChI is InChI=1S/C15H21BrO2/c16-14-7-3-4-12(8-14)9-15(10-17,11-18)13-5-1-2-6-13/h3-4,7-8,13,17-18H,1-2,5-6,9-11H2. The molecular formula is C15H21BrO2. The van der Waals surface area contributed by atoms with E-state index in [2.05, 4.69) is 28.1 Å².